The molecule has 1 heterocycles. The number of nitrogens with two attached hydrogens (primary N) is 1. The minimum atomic E-state index is -0.321. The van der Waals surface area contributed by atoms with Crippen molar-refractivity contribution in [3.8, 4) is 0 Å². The number of fused-ring (bicyclic) bond motifs is 1. The van der Waals surface area contributed by atoms with Gasteiger partial charge in [-0.15, -0.1) is 0 Å². The van der Waals surface area contributed by atoms with Crippen molar-refractivity contribution in [3.05, 3.63) is 28.6 Å². The van der Waals surface area contributed by atoms with E-state index in [9.17, 15) is 4.79 Å². The fourth-order valence-electron chi connectivity index (χ4n) is 1.66. The molecule has 0 fully saturated rings. The zero-order chi connectivity index (χ0) is 11.0. The van der Waals surface area contributed by atoms with Crippen molar-refractivity contribution in [2.75, 3.05) is 5.73 Å². The van der Waals surface area contributed by atoms with Crippen LogP contribution in [0.15, 0.2) is 27.5 Å². The number of aromatic nitrogens is 1. The maximum atomic E-state index is 11.5. The second-order valence-electron chi connectivity index (χ2n) is 4.08. The maximum Gasteiger partial charge on any atom is 0.365 e. The molecule has 2 N–H and O–H groups in total. The molecule has 0 saturated carbocycles. The molecule has 0 bridgehead atoms. The Kier molecular flexibility index (Phi) is 2.26. The van der Waals surface area contributed by atoms with Crippen LogP contribution in [-0.4, -0.2) is 4.74 Å². The van der Waals surface area contributed by atoms with E-state index in [-0.39, 0.29) is 5.63 Å². The molecule has 0 aliphatic heterocycles. The van der Waals surface area contributed by atoms with Gasteiger partial charge in [-0.05, 0) is 18.1 Å². The number of hydrogen-bond acceptors (Lipinski definition) is 3. The van der Waals surface area contributed by atoms with E-state index in [0.29, 0.717) is 29.1 Å². The van der Waals surface area contributed by atoms with Crippen LogP contribution in [0.4, 0.5) is 5.69 Å². The molecule has 0 aliphatic carbocycles. The van der Waals surface area contributed by atoms with Gasteiger partial charge in [-0.3, -0.25) is 0 Å². The van der Waals surface area contributed by atoms with Gasteiger partial charge in [0.25, 0.3) is 0 Å². The minimum absolute atomic E-state index is 0.321. The highest BCUT2D eigenvalue weighted by Crippen LogP contribution is 2.19. The van der Waals surface area contributed by atoms with Crippen LogP contribution in [0.1, 0.15) is 13.8 Å². The van der Waals surface area contributed by atoms with Gasteiger partial charge in [-0.25, -0.2) is 9.53 Å². The maximum absolute atomic E-state index is 11.5. The molecule has 0 unspecified atom stereocenters. The van der Waals surface area contributed by atoms with E-state index in [4.69, 9.17) is 10.3 Å². The Morgan fingerprint density at radius 2 is 2.20 bits per heavy atom. The van der Waals surface area contributed by atoms with E-state index in [2.05, 4.69) is 13.8 Å². The largest absolute Gasteiger partial charge is 0.397 e. The molecule has 0 aliphatic rings. The molecule has 0 spiro atoms. The van der Waals surface area contributed by atoms with Gasteiger partial charge in [0, 0.05) is 0 Å². The molecular weight excluding hydrogens is 192 g/mol. The van der Waals surface area contributed by atoms with Crippen LogP contribution in [0.25, 0.3) is 10.9 Å². The first kappa shape index (κ1) is 9.83. The van der Waals surface area contributed by atoms with Crippen LogP contribution >= 0.6 is 0 Å². The van der Waals surface area contributed by atoms with Gasteiger partial charge in [-0.1, -0.05) is 19.9 Å². The third-order valence-electron chi connectivity index (χ3n) is 2.26. The summed E-state index contributed by atoms with van der Waals surface area (Å²) in [5, 5.41) is 0.552. The van der Waals surface area contributed by atoms with Crippen molar-refractivity contribution < 1.29 is 4.52 Å². The highest BCUT2D eigenvalue weighted by Gasteiger charge is 2.11. The fourth-order valence-corrected chi connectivity index (χ4v) is 1.66. The molecule has 15 heavy (non-hydrogen) atoms. The first-order chi connectivity index (χ1) is 7.09. The lowest BCUT2D eigenvalue weighted by Crippen LogP contribution is -2.04. The first-order valence-corrected chi connectivity index (χ1v) is 4.98. The average Bonchev–Trinajstić information content (AvgIpc) is 2.44. The van der Waals surface area contributed by atoms with Crippen molar-refractivity contribution in [1.82, 2.24) is 4.74 Å². The predicted molar refractivity (Wildman–Crippen MR) is 59.7 cm³/mol. The normalized spacial score (nSPS) is 11.4. The second kappa shape index (κ2) is 3.46. The lowest BCUT2D eigenvalue weighted by molar-refractivity contribution is 0.238. The van der Waals surface area contributed by atoms with Gasteiger partial charge in [0.1, 0.15) is 5.52 Å². The highest BCUT2D eigenvalue weighted by atomic mass is 16.5. The lowest BCUT2D eigenvalue weighted by atomic mass is 10.2. The molecule has 2 aromatic rings. The van der Waals surface area contributed by atoms with Crippen LogP contribution < -0.4 is 11.4 Å². The van der Waals surface area contributed by atoms with Gasteiger partial charge in [0.2, 0.25) is 0 Å². The number of nitrogen functional groups attached to an aromatic ring is 1. The van der Waals surface area contributed by atoms with Gasteiger partial charge < -0.3 is 10.3 Å². The number of benzene rings is 1. The number of anilines is 1. The van der Waals surface area contributed by atoms with Crippen molar-refractivity contribution in [2.24, 2.45) is 5.92 Å². The second-order valence-corrected chi connectivity index (χ2v) is 4.08. The van der Waals surface area contributed by atoms with Crippen LogP contribution in [0.3, 0.4) is 0 Å². The fraction of sp³-hybridized carbons (Fsp3) is 0.364. The Bertz CT molecular complexity index is 537. The summed E-state index contributed by atoms with van der Waals surface area (Å²) in [7, 11) is 0. The first-order valence-electron chi connectivity index (χ1n) is 4.98. The molecular formula is C11H14N2O2. The lowest BCUT2D eigenvalue weighted by Gasteiger charge is -2.06. The molecule has 80 valence electrons. The molecule has 0 atom stereocenters. The van der Waals surface area contributed by atoms with Crippen LogP contribution in [0, 0.1) is 5.92 Å². The molecule has 0 radical (unpaired) electrons. The van der Waals surface area contributed by atoms with Gasteiger partial charge in [-0.2, -0.15) is 0 Å². The van der Waals surface area contributed by atoms with Crippen molar-refractivity contribution in [1.29, 1.82) is 0 Å². The topological polar surface area (TPSA) is 61.2 Å². The van der Waals surface area contributed by atoms with Crippen molar-refractivity contribution in [2.45, 2.75) is 20.4 Å². The number of rotatable bonds is 2. The minimum Gasteiger partial charge on any atom is -0.397 e. The summed E-state index contributed by atoms with van der Waals surface area (Å²) in [4.78, 5) is 11.5. The molecule has 0 amide bonds. The van der Waals surface area contributed by atoms with E-state index >= 15 is 0 Å². The summed E-state index contributed by atoms with van der Waals surface area (Å²) < 4.78 is 6.72. The summed E-state index contributed by atoms with van der Waals surface area (Å²) in [5.41, 5.74) is 6.79. The van der Waals surface area contributed by atoms with Gasteiger partial charge in [0.05, 0.1) is 17.6 Å². The Hall–Kier alpha value is -1.71. The van der Waals surface area contributed by atoms with E-state index in [1.165, 1.54) is 0 Å². The number of para-hydroxylation sites is 1. The molecule has 0 saturated heterocycles. The summed E-state index contributed by atoms with van der Waals surface area (Å²) in [6.45, 7) is 4.78. The monoisotopic (exact) mass is 206 g/mol. The highest BCUT2D eigenvalue weighted by molar-refractivity contribution is 5.88. The zero-order valence-corrected chi connectivity index (χ0v) is 8.86. The summed E-state index contributed by atoms with van der Waals surface area (Å²) in [6, 6.07) is 5.26. The van der Waals surface area contributed by atoms with Gasteiger partial charge in [0.15, 0.2) is 0 Å². The molecule has 1 aromatic heterocycles. The summed E-state index contributed by atoms with van der Waals surface area (Å²) >= 11 is 0. The standard InChI is InChI=1S/C11H14N2O2/c1-7(2)6-13-10-8(11(14)15-13)4-3-5-9(10)12/h3-5,7H,6,12H2,1-2H3. The van der Waals surface area contributed by atoms with Gasteiger partial charge >= 0.3 is 5.63 Å². The Balaban J connectivity index is 2.70. The molecule has 4 nitrogen and oxygen atoms in total. The van der Waals surface area contributed by atoms with E-state index in [1.807, 2.05) is 0 Å². The number of hydrogen-bond donors (Lipinski definition) is 1. The molecule has 4 heteroatoms. The third-order valence-corrected chi connectivity index (χ3v) is 2.26. The van der Waals surface area contributed by atoms with Crippen molar-refractivity contribution in [3.63, 3.8) is 0 Å². The van der Waals surface area contributed by atoms with Crippen LogP contribution in [0.5, 0.6) is 0 Å². The van der Waals surface area contributed by atoms with Crippen LogP contribution in [-0.2, 0) is 6.54 Å². The third kappa shape index (κ3) is 1.63. The SMILES string of the molecule is CC(C)Cn1oc(=O)c2cccc(N)c21. The molecule has 1 aromatic carbocycles. The van der Waals surface area contributed by atoms with E-state index < -0.39 is 0 Å². The van der Waals surface area contributed by atoms with Crippen LogP contribution in [0.2, 0.25) is 0 Å². The zero-order valence-electron chi connectivity index (χ0n) is 8.86. The Morgan fingerprint density at radius 1 is 1.47 bits per heavy atom. The smallest absolute Gasteiger partial charge is 0.365 e. The van der Waals surface area contributed by atoms with Crippen molar-refractivity contribution >= 4 is 16.6 Å². The van der Waals surface area contributed by atoms with E-state index in [1.54, 1.807) is 22.9 Å². The summed E-state index contributed by atoms with van der Waals surface area (Å²) in [6.07, 6.45) is 0. The van der Waals surface area contributed by atoms with E-state index in [0.717, 1.165) is 0 Å². The molecule has 2 rings (SSSR count). The number of nitrogens with zero attached hydrogens (tertiary/aromatic N) is 1. The predicted octanol–water partition coefficient (Wildman–Crippen LogP) is 1.83. The Labute approximate surface area is 87.2 Å². The average molecular weight is 206 g/mol. The quantitative estimate of drug-likeness (QED) is 0.762. The summed E-state index contributed by atoms with van der Waals surface area (Å²) in [5.74, 6) is 0.406. The Morgan fingerprint density at radius 3 is 2.87 bits per heavy atom.